The van der Waals surface area contributed by atoms with Crippen LogP contribution < -0.4 is 4.90 Å². The van der Waals surface area contributed by atoms with Crippen molar-refractivity contribution in [3.63, 3.8) is 0 Å². The van der Waals surface area contributed by atoms with Crippen LogP contribution in [0.3, 0.4) is 0 Å². The number of rotatable bonds is 2. The number of carbonyl (C=O) groups is 1. The molecule has 0 aromatic carbocycles. The SMILES string of the molecule is O=C(c1ccc[nH]1)N1CCOC2(CCCN(c3nncs3)C2)C1. The zero-order valence-electron chi connectivity index (χ0n) is 12.8. The number of nitrogens with one attached hydrogen (secondary N) is 1. The van der Waals surface area contributed by atoms with Crippen LogP contribution in [-0.4, -0.2) is 64.4 Å². The van der Waals surface area contributed by atoms with Crippen LogP contribution in [0.4, 0.5) is 5.13 Å². The predicted molar refractivity (Wildman–Crippen MR) is 86.7 cm³/mol. The first-order valence-corrected chi connectivity index (χ1v) is 8.72. The van der Waals surface area contributed by atoms with E-state index in [0.29, 0.717) is 25.4 Å². The summed E-state index contributed by atoms with van der Waals surface area (Å²) < 4.78 is 6.14. The summed E-state index contributed by atoms with van der Waals surface area (Å²) in [6.45, 7) is 3.57. The number of hydrogen-bond donors (Lipinski definition) is 1. The van der Waals surface area contributed by atoms with Crippen molar-refractivity contribution >= 4 is 22.4 Å². The molecule has 0 saturated carbocycles. The van der Waals surface area contributed by atoms with Crippen LogP contribution in [0.2, 0.25) is 0 Å². The molecule has 0 bridgehead atoms. The second kappa shape index (κ2) is 5.93. The highest BCUT2D eigenvalue weighted by molar-refractivity contribution is 7.13. The van der Waals surface area contributed by atoms with Gasteiger partial charge in [0, 0.05) is 19.3 Å². The number of hydrogen-bond acceptors (Lipinski definition) is 6. The van der Waals surface area contributed by atoms with Crippen LogP contribution in [0, 0.1) is 0 Å². The van der Waals surface area contributed by atoms with Crippen molar-refractivity contribution in [1.82, 2.24) is 20.1 Å². The van der Waals surface area contributed by atoms with Crippen LogP contribution in [0.15, 0.2) is 23.8 Å². The number of aromatic amines is 1. The Kier molecular flexibility index (Phi) is 3.78. The van der Waals surface area contributed by atoms with Gasteiger partial charge in [-0.2, -0.15) is 0 Å². The lowest BCUT2D eigenvalue weighted by Gasteiger charge is -2.47. The van der Waals surface area contributed by atoms with Gasteiger partial charge in [0.15, 0.2) is 0 Å². The van der Waals surface area contributed by atoms with E-state index < -0.39 is 0 Å². The van der Waals surface area contributed by atoms with Crippen LogP contribution in [0.5, 0.6) is 0 Å². The number of morpholine rings is 1. The molecule has 23 heavy (non-hydrogen) atoms. The number of H-pyrrole nitrogens is 1. The lowest BCUT2D eigenvalue weighted by Crippen LogP contribution is -2.60. The van der Waals surface area contributed by atoms with Crippen molar-refractivity contribution in [2.24, 2.45) is 0 Å². The maximum Gasteiger partial charge on any atom is 0.270 e. The summed E-state index contributed by atoms with van der Waals surface area (Å²) >= 11 is 1.54. The summed E-state index contributed by atoms with van der Waals surface area (Å²) in [4.78, 5) is 19.7. The Hall–Kier alpha value is -1.93. The summed E-state index contributed by atoms with van der Waals surface area (Å²) in [6, 6.07) is 3.67. The second-order valence-electron chi connectivity index (χ2n) is 6.09. The maximum absolute atomic E-state index is 12.6. The second-order valence-corrected chi connectivity index (χ2v) is 6.90. The fourth-order valence-electron chi connectivity index (χ4n) is 3.47. The monoisotopic (exact) mass is 333 g/mol. The first-order chi connectivity index (χ1) is 11.3. The van der Waals surface area contributed by atoms with E-state index in [0.717, 1.165) is 31.1 Å². The quantitative estimate of drug-likeness (QED) is 0.899. The summed E-state index contributed by atoms with van der Waals surface area (Å²) in [5.74, 6) is 0.0470. The minimum atomic E-state index is -0.301. The van der Waals surface area contributed by atoms with Gasteiger partial charge in [0.2, 0.25) is 5.13 Å². The molecule has 4 rings (SSSR count). The molecule has 1 unspecified atom stereocenters. The van der Waals surface area contributed by atoms with Gasteiger partial charge in [0.05, 0.1) is 19.7 Å². The molecular formula is C15H19N5O2S. The molecule has 0 radical (unpaired) electrons. The zero-order chi connectivity index (χ0) is 15.7. The Labute approximate surface area is 138 Å². The van der Waals surface area contributed by atoms with Crippen LogP contribution in [0.1, 0.15) is 23.3 Å². The van der Waals surface area contributed by atoms with Crippen molar-refractivity contribution in [3.8, 4) is 0 Å². The van der Waals surface area contributed by atoms with Gasteiger partial charge in [0.1, 0.15) is 16.8 Å². The molecule has 2 aliphatic heterocycles. The molecular weight excluding hydrogens is 314 g/mol. The summed E-state index contributed by atoms with van der Waals surface area (Å²) in [5.41, 5.74) is 2.09. The van der Waals surface area contributed by atoms with E-state index in [9.17, 15) is 4.79 Å². The molecule has 2 aromatic rings. The van der Waals surface area contributed by atoms with Gasteiger partial charge in [-0.1, -0.05) is 11.3 Å². The number of aromatic nitrogens is 3. The van der Waals surface area contributed by atoms with Gasteiger partial charge in [-0.05, 0) is 25.0 Å². The number of ether oxygens (including phenoxy) is 1. The molecule has 8 heteroatoms. The first kappa shape index (κ1) is 14.6. The molecule has 2 saturated heterocycles. The first-order valence-electron chi connectivity index (χ1n) is 7.84. The summed E-state index contributed by atoms with van der Waals surface area (Å²) in [6.07, 6.45) is 3.78. The minimum Gasteiger partial charge on any atom is -0.369 e. The fourth-order valence-corrected chi connectivity index (χ4v) is 4.05. The molecule has 2 aromatic heterocycles. The highest BCUT2D eigenvalue weighted by Crippen LogP contribution is 2.32. The number of nitrogens with zero attached hydrogens (tertiary/aromatic N) is 4. The molecule has 2 fully saturated rings. The van der Waals surface area contributed by atoms with E-state index in [1.54, 1.807) is 23.0 Å². The van der Waals surface area contributed by atoms with E-state index in [-0.39, 0.29) is 11.5 Å². The van der Waals surface area contributed by atoms with Crippen molar-refractivity contribution in [3.05, 3.63) is 29.5 Å². The molecule has 1 N–H and O–H groups in total. The van der Waals surface area contributed by atoms with Gasteiger partial charge in [-0.3, -0.25) is 4.79 Å². The molecule has 1 atom stereocenters. The third-order valence-electron chi connectivity index (χ3n) is 4.52. The molecule has 2 aliphatic rings. The van der Waals surface area contributed by atoms with E-state index in [2.05, 4.69) is 20.1 Å². The van der Waals surface area contributed by atoms with Crippen molar-refractivity contribution in [2.75, 3.05) is 37.7 Å². The lowest BCUT2D eigenvalue weighted by molar-refractivity contribution is -0.105. The molecule has 0 aliphatic carbocycles. The Bertz CT molecular complexity index is 655. The molecule has 1 spiro atoms. The average molecular weight is 333 g/mol. The highest BCUT2D eigenvalue weighted by atomic mass is 32.1. The standard InChI is InChI=1S/C15H19N5O2S/c21-13(12-3-1-5-16-12)19-7-8-22-15(9-19)4-2-6-20(10-15)14-18-17-11-23-14/h1,3,5,11,16H,2,4,6-10H2. The number of anilines is 1. The smallest absolute Gasteiger partial charge is 0.270 e. The Morgan fingerprint density at radius 1 is 1.39 bits per heavy atom. The molecule has 1 amide bonds. The maximum atomic E-state index is 12.6. The van der Waals surface area contributed by atoms with E-state index in [1.807, 2.05) is 17.0 Å². The fraction of sp³-hybridized carbons (Fsp3) is 0.533. The third-order valence-corrected chi connectivity index (χ3v) is 5.27. The highest BCUT2D eigenvalue weighted by Gasteiger charge is 2.42. The van der Waals surface area contributed by atoms with Gasteiger partial charge in [0.25, 0.3) is 5.91 Å². The Morgan fingerprint density at radius 2 is 2.35 bits per heavy atom. The normalized spacial score (nSPS) is 25.0. The average Bonchev–Trinajstić information content (AvgIpc) is 3.28. The lowest BCUT2D eigenvalue weighted by atomic mass is 9.91. The van der Waals surface area contributed by atoms with E-state index in [1.165, 1.54) is 0 Å². The summed E-state index contributed by atoms with van der Waals surface area (Å²) in [5, 5.41) is 9.02. The molecule has 4 heterocycles. The van der Waals surface area contributed by atoms with Crippen molar-refractivity contribution < 1.29 is 9.53 Å². The van der Waals surface area contributed by atoms with Crippen molar-refractivity contribution in [2.45, 2.75) is 18.4 Å². The van der Waals surface area contributed by atoms with Gasteiger partial charge >= 0.3 is 0 Å². The molecule has 7 nitrogen and oxygen atoms in total. The summed E-state index contributed by atoms with van der Waals surface area (Å²) in [7, 11) is 0. The van der Waals surface area contributed by atoms with Gasteiger partial charge < -0.3 is 19.5 Å². The molecule has 122 valence electrons. The van der Waals surface area contributed by atoms with Crippen molar-refractivity contribution in [1.29, 1.82) is 0 Å². The van der Waals surface area contributed by atoms with E-state index in [4.69, 9.17) is 4.74 Å². The third kappa shape index (κ3) is 2.84. The van der Waals surface area contributed by atoms with Gasteiger partial charge in [-0.25, -0.2) is 0 Å². The predicted octanol–water partition coefficient (Wildman–Crippen LogP) is 1.38. The Balaban J connectivity index is 1.50. The largest absolute Gasteiger partial charge is 0.369 e. The van der Waals surface area contributed by atoms with Crippen LogP contribution in [-0.2, 0) is 4.74 Å². The topological polar surface area (TPSA) is 74.3 Å². The van der Waals surface area contributed by atoms with Crippen LogP contribution in [0.25, 0.3) is 0 Å². The van der Waals surface area contributed by atoms with E-state index >= 15 is 0 Å². The zero-order valence-corrected chi connectivity index (χ0v) is 13.6. The minimum absolute atomic E-state index is 0.0470. The van der Waals surface area contributed by atoms with Crippen LogP contribution >= 0.6 is 11.3 Å². The number of amides is 1. The van der Waals surface area contributed by atoms with Gasteiger partial charge in [-0.15, -0.1) is 10.2 Å². The number of carbonyl (C=O) groups excluding carboxylic acids is 1. The Morgan fingerprint density at radius 3 is 3.13 bits per heavy atom. The number of piperidine rings is 1.